The topological polar surface area (TPSA) is 86.8 Å². The standard InChI is InChI=1S/C30H23ClF4N2O5/c1-40-26(38)20-10-13-23(14-11-20)41-28(39)37-29(17-19-6-3-2-4-7-19,25-15-12-22(31)18-36-25)21-8-5-9-24(16-21)42-30(34,35)27(32)33/h2-16,18,27H,17H2,1H3,(H,37,39). The molecule has 0 spiro atoms. The van der Waals surface area contributed by atoms with Crippen molar-refractivity contribution in [2.75, 3.05) is 7.11 Å². The van der Waals surface area contributed by atoms with Crippen LogP contribution in [0.25, 0.3) is 0 Å². The van der Waals surface area contributed by atoms with Crippen LogP contribution >= 0.6 is 11.6 Å². The maximum Gasteiger partial charge on any atom is 0.461 e. The first-order valence-electron chi connectivity index (χ1n) is 12.3. The van der Waals surface area contributed by atoms with E-state index in [-0.39, 0.29) is 34.0 Å². The largest absolute Gasteiger partial charge is 0.465 e. The molecule has 1 amide bonds. The molecule has 1 unspecified atom stereocenters. The number of ether oxygens (including phenoxy) is 3. The first-order chi connectivity index (χ1) is 20.0. The van der Waals surface area contributed by atoms with Gasteiger partial charge >= 0.3 is 24.6 Å². The van der Waals surface area contributed by atoms with Gasteiger partial charge in [-0.1, -0.05) is 54.1 Å². The van der Waals surface area contributed by atoms with E-state index in [1.165, 1.54) is 61.8 Å². The Morgan fingerprint density at radius 3 is 2.26 bits per heavy atom. The van der Waals surface area contributed by atoms with Crippen LogP contribution in [-0.4, -0.2) is 36.7 Å². The summed E-state index contributed by atoms with van der Waals surface area (Å²) in [6.45, 7) is 0. The Kier molecular flexibility index (Phi) is 9.31. The van der Waals surface area contributed by atoms with Gasteiger partial charge in [-0.25, -0.2) is 9.59 Å². The summed E-state index contributed by atoms with van der Waals surface area (Å²) in [5.74, 6) is -1.08. The summed E-state index contributed by atoms with van der Waals surface area (Å²) in [7, 11) is 1.23. The van der Waals surface area contributed by atoms with Crippen molar-refractivity contribution in [3.63, 3.8) is 0 Å². The van der Waals surface area contributed by atoms with Gasteiger partial charge in [0.2, 0.25) is 0 Å². The lowest BCUT2D eigenvalue weighted by Crippen LogP contribution is -2.50. The van der Waals surface area contributed by atoms with Crippen molar-refractivity contribution >= 4 is 23.7 Å². The molecule has 0 saturated heterocycles. The monoisotopic (exact) mass is 602 g/mol. The lowest BCUT2D eigenvalue weighted by molar-refractivity contribution is -0.253. The van der Waals surface area contributed by atoms with Crippen LogP contribution in [0.1, 0.15) is 27.2 Å². The van der Waals surface area contributed by atoms with Crippen LogP contribution in [0.4, 0.5) is 22.4 Å². The zero-order valence-corrected chi connectivity index (χ0v) is 22.7. The van der Waals surface area contributed by atoms with Gasteiger partial charge in [0.15, 0.2) is 0 Å². The van der Waals surface area contributed by atoms with E-state index >= 15 is 0 Å². The van der Waals surface area contributed by atoms with Crippen LogP contribution in [0.5, 0.6) is 11.5 Å². The maximum absolute atomic E-state index is 13.8. The molecule has 1 aromatic heterocycles. The molecule has 3 aromatic carbocycles. The van der Waals surface area contributed by atoms with Crippen molar-refractivity contribution in [1.82, 2.24) is 10.3 Å². The third kappa shape index (κ3) is 7.16. The summed E-state index contributed by atoms with van der Waals surface area (Å²) in [6, 6.07) is 22.5. The average Bonchev–Trinajstić information content (AvgIpc) is 2.97. The van der Waals surface area contributed by atoms with Gasteiger partial charge in [-0.3, -0.25) is 4.98 Å². The molecule has 0 radical (unpaired) electrons. The predicted octanol–water partition coefficient (Wildman–Crippen LogP) is 7.03. The molecular weight excluding hydrogens is 580 g/mol. The Hall–Kier alpha value is -4.64. The van der Waals surface area contributed by atoms with E-state index < -0.39 is 35.9 Å². The summed E-state index contributed by atoms with van der Waals surface area (Å²) < 4.78 is 67.9. The molecule has 0 aliphatic heterocycles. The van der Waals surface area contributed by atoms with Gasteiger partial charge in [-0.15, -0.1) is 0 Å². The normalized spacial score (nSPS) is 12.7. The number of nitrogens with zero attached hydrogens (tertiary/aromatic N) is 1. The molecule has 1 heterocycles. The molecule has 0 saturated carbocycles. The van der Waals surface area contributed by atoms with Crippen molar-refractivity contribution in [3.05, 3.63) is 125 Å². The highest BCUT2D eigenvalue weighted by molar-refractivity contribution is 6.30. The van der Waals surface area contributed by atoms with E-state index in [9.17, 15) is 27.2 Å². The molecule has 4 aromatic rings. The number of methoxy groups -OCH3 is 1. The van der Waals surface area contributed by atoms with Gasteiger partial charge in [0.05, 0.1) is 23.4 Å². The minimum atomic E-state index is -4.76. The molecular formula is C30H23ClF4N2O5. The number of amides is 1. The van der Waals surface area contributed by atoms with Crippen molar-refractivity contribution in [2.45, 2.75) is 24.5 Å². The number of hydrogen-bond donors (Lipinski definition) is 1. The molecule has 1 N–H and O–H groups in total. The van der Waals surface area contributed by atoms with Crippen molar-refractivity contribution in [1.29, 1.82) is 0 Å². The van der Waals surface area contributed by atoms with Crippen LogP contribution in [0.15, 0.2) is 97.2 Å². The zero-order chi connectivity index (χ0) is 30.3. The summed E-state index contributed by atoms with van der Waals surface area (Å²) in [5, 5.41) is 3.08. The Morgan fingerprint density at radius 2 is 1.64 bits per heavy atom. The van der Waals surface area contributed by atoms with E-state index in [0.29, 0.717) is 5.56 Å². The van der Waals surface area contributed by atoms with E-state index in [4.69, 9.17) is 16.3 Å². The van der Waals surface area contributed by atoms with E-state index in [2.05, 4.69) is 19.8 Å². The first-order valence-corrected chi connectivity index (χ1v) is 12.7. The van der Waals surface area contributed by atoms with Crippen LogP contribution in [-0.2, 0) is 16.7 Å². The molecule has 12 heteroatoms. The number of halogens is 5. The third-order valence-electron chi connectivity index (χ3n) is 6.11. The number of hydrogen-bond acceptors (Lipinski definition) is 6. The summed E-state index contributed by atoms with van der Waals surface area (Å²) >= 11 is 6.07. The fraction of sp³-hybridized carbons (Fsp3) is 0.167. The molecule has 0 fully saturated rings. The number of alkyl halides is 4. The quantitative estimate of drug-likeness (QED) is 0.155. The average molecular weight is 603 g/mol. The highest BCUT2D eigenvalue weighted by atomic mass is 35.5. The third-order valence-corrected chi connectivity index (χ3v) is 6.34. The lowest BCUT2D eigenvalue weighted by Gasteiger charge is -2.35. The highest BCUT2D eigenvalue weighted by Gasteiger charge is 2.45. The fourth-order valence-corrected chi connectivity index (χ4v) is 4.27. The summed E-state index contributed by atoms with van der Waals surface area (Å²) in [4.78, 5) is 29.5. The minimum absolute atomic E-state index is 0.0214. The molecule has 4 rings (SSSR count). The fourth-order valence-electron chi connectivity index (χ4n) is 4.16. The van der Waals surface area contributed by atoms with Gasteiger partial charge in [-0.05, 0) is 59.7 Å². The number of pyridine rings is 1. The van der Waals surface area contributed by atoms with E-state index in [1.54, 1.807) is 30.3 Å². The van der Waals surface area contributed by atoms with Crippen molar-refractivity contribution in [2.24, 2.45) is 0 Å². The molecule has 218 valence electrons. The number of aromatic nitrogens is 1. The second-order valence-electron chi connectivity index (χ2n) is 8.95. The van der Waals surface area contributed by atoms with Gasteiger partial charge < -0.3 is 19.5 Å². The Labute approximate surface area is 243 Å². The van der Waals surface area contributed by atoms with Gasteiger partial charge in [0, 0.05) is 12.6 Å². The van der Waals surface area contributed by atoms with Gasteiger partial charge in [-0.2, -0.15) is 17.6 Å². The van der Waals surface area contributed by atoms with Crippen molar-refractivity contribution < 1.29 is 41.4 Å². The molecule has 1 atom stereocenters. The second kappa shape index (κ2) is 12.9. The Morgan fingerprint density at radius 1 is 0.929 bits per heavy atom. The van der Waals surface area contributed by atoms with E-state index in [0.717, 1.165) is 12.1 Å². The molecule has 0 aliphatic rings. The van der Waals surface area contributed by atoms with Gasteiger partial charge in [0.25, 0.3) is 0 Å². The number of rotatable bonds is 10. The van der Waals surface area contributed by atoms with E-state index in [1.807, 2.05) is 0 Å². The Balaban J connectivity index is 1.79. The summed E-state index contributed by atoms with van der Waals surface area (Å²) in [5.41, 5.74) is -0.282. The summed E-state index contributed by atoms with van der Waals surface area (Å²) in [6.07, 6.45) is -8.46. The first kappa shape index (κ1) is 30.3. The second-order valence-corrected chi connectivity index (χ2v) is 9.39. The van der Waals surface area contributed by atoms with Crippen LogP contribution < -0.4 is 14.8 Å². The van der Waals surface area contributed by atoms with Gasteiger partial charge in [0.1, 0.15) is 17.0 Å². The Bertz CT molecular complexity index is 1520. The molecule has 42 heavy (non-hydrogen) atoms. The number of carbonyl (C=O) groups is 2. The molecule has 7 nitrogen and oxygen atoms in total. The number of esters is 1. The zero-order valence-electron chi connectivity index (χ0n) is 21.9. The van der Waals surface area contributed by atoms with Crippen LogP contribution in [0.2, 0.25) is 5.02 Å². The minimum Gasteiger partial charge on any atom is -0.465 e. The molecule has 0 aliphatic carbocycles. The van der Waals surface area contributed by atoms with Crippen molar-refractivity contribution in [3.8, 4) is 11.5 Å². The van der Waals surface area contributed by atoms with Crippen LogP contribution in [0.3, 0.4) is 0 Å². The highest BCUT2D eigenvalue weighted by Crippen LogP contribution is 2.36. The number of carbonyl (C=O) groups excluding carboxylic acids is 2. The lowest BCUT2D eigenvalue weighted by atomic mass is 9.80. The maximum atomic E-state index is 13.8. The predicted molar refractivity (Wildman–Crippen MR) is 145 cm³/mol. The number of benzene rings is 3. The SMILES string of the molecule is COC(=O)c1ccc(OC(=O)NC(Cc2ccccc2)(c2cccc(OC(F)(F)C(F)F)c2)c2ccc(Cl)cn2)cc1. The molecule has 0 bridgehead atoms. The number of nitrogens with one attached hydrogen (secondary N) is 1. The smallest absolute Gasteiger partial charge is 0.461 e. The van der Waals surface area contributed by atoms with Crippen LogP contribution in [0, 0.1) is 0 Å².